The minimum absolute atomic E-state index is 0.113. The van der Waals surface area contributed by atoms with Crippen LogP contribution in [0.3, 0.4) is 0 Å². The maximum Gasteiger partial charge on any atom is 0.416 e. The summed E-state index contributed by atoms with van der Waals surface area (Å²) in [6.07, 6.45) is -4.25. The molecule has 27 heavy (non-hydrogen) atoms. The molecule has 2 aromatic carbocycles. The normalized spacial score (nSPS) is 17.0. The molecular formula is C19H18F3N3O2. The SMILES string of the molecule is CC1CC(=O)Nc2ccccc2N1C(=O)CNc1ccc(C(F)(F)F)cc1. The highest BCUT2D eigenvalue weighted by Crippen LogP contribution is 2.32. The van der Waals surface area contributed by atoms with E-state index in [1.165, 1.54) is 17.0 Å². The predicted octanol–water partition coefficient (Wildman–Crippen LogP) is 3.88. The predicted molar refractivity (Wildman–Crippen MR) is 96.6 cm³/mol. The molecule has 0 fully saturated rings. The smallest absolute Gasteiger partial charge is 0.376 e. The minimum atomic E-state index is -4.40. The van der Waals surface area contributed by atoms with E-state index in [0.29, 0.717) is 17.1 Å². The van der Waals surface area contributed by atoms with Gasteiger partial charge in [-0.25, -0.2) is 0 Å². The Balaban J connectivity index is 1.74. The second-order valence-electron chi connectivity index (χ2n) is 6.31. The summed E-state index contributed by atoms with van der Waals surface area (Å²) < 4.78 is 37.8. The summed E-state index contributed by atoms with van der Waals surface area (Å²) in [5, 5.41) is 5.61. The van der Waals surface area contributed by atoms with Gasteiger partial charge in [-0.3, -0.25) is 9.59 Å². The van der Waals surface area contributed by atoms with Crippen molar-refractivity contribution in [1.29, 1.82) is 0 Å². The number of amides is 2. The molecule has 0 spiro atoms. The van der Waals surface area contributed by atoms with Gasteiger partial charge in [-0.05, 0) is 43.3 Å². The molecule has 3 rings (SSSR count). The van der Waals surface area contributed by atoms with E-state index >= 15 is 0 Å². The largest absolute Gasteiger partial charge is 0.416 e. The number of carbonyl (C=O) groups excluding carboxylic acids is 2. The van der Waals surface area contributed by atoms with Gasteiger partial charge in [-0.15, -0.1) is 0 Å². The Morgan fingerprint density at radius 2 is 1.85 bits per heavy atom. The molecule has 1 aliphatic heterocycles. The van der Waals surface area contributed by atoms with Crippen molar-refractivity contribution < 1.29 is 22.8 Å². The number of halogens is 3. The third kappa shape index (κ3) is 4.21. The Labute approximate surface area is 154 Å². The van der Waals surface area contributed by atoms with E-state index in [9.17, 15) is 22.8 Å². The summed E-state index contributed by atoms with van der Waals surface area (Å²) in [6.45, 7) is 1.66. The van der Waals surface area contributed by atoms with Crippen LogP contribution in [0.25, 0.3) is 0 Å². The van der Waals surface area contributed by atoms with Crippen LogP contribution in [0.2, 0.25) is 0 Å². The van der Waals surface area contributed by atoms with Crippen LogP contribution in [0.4, 0.5) is 30.2 Å². The number of fused-ring (bicyclic) bond motifs is 1. The van der Waals surface area contributed by atoms with E-state index in [0.717, 1.165) is 12.1 Å². The van der Waals surface area contributed by atoms with Gasteiger partial charge in [0.2, 0.25) is 11.8 Å². The van der Waals surface area contributed by atoms with Gasteiger partial charge in [-0.2, -0.15) is 13.2 Å². The van der Waals surface area contributed by atoms with Crippen molar-refractivity contribution >= 4 is 28.9 Å². The van der Waals surface area contributed by atoms with Crippen LogP contribution in [0.1, 0.15) is 18.9 Å². The Morgan fingerprint density at radius 3 is 2.52 bits per heavy atom. The van der Waals surface area contributed by atoms with Gasteiger partial charge < -0.3 is 15.5 Å². The molecule has 5 nitrogen and oxygen atoms in total. The molecule has 2 N–H and O–H groups in total. The fraction of sp³-hybridized carbons (Fsp3) is 0.263. The van der Waals surface area contributed by atoms with Crippen LogP contribution in [0, 0.1) is 0 Å². The summed E-state index contributed by atoms with van der Waals surface area (Å²) in [5.74, 6) is -0.465. The third-order valence-corrected chi connectivity index (χ3v) is 4.28. The second kappa shape index (κ2) is 7.30. The molecule has 1 heterocycles. The van der Waals surface area contributed by atoms with Gasteiger partial charge in [-0.1, -0.05) is 12.1 Å². The van der Waals surface area contributed by atoms with Gasteiger partial charge >= 0.3 is 6.18 Å². The standard InChI is InChI=1S/C19H18F3N3O2/c1-12-10-17(26)24-15-4-2-3-5-16(15)25(12)18(27)11-23-14-8-6-13(7-9-14)19(20,21)22/h2-9,12,23H,10-11H2,1H3,(H,24,26). The Hall–Kier alpha value is -3.03. The summed E-state index contributed by atoms with van der Waals surface area (Å²) in [7, 11) is 0. The molecule has 0 aliphatic carbocycles. The van der Waals surface area contributed by atoms with Crippen molar-refractivity contribution in [3.63, 3.8) is 0 Å². The zero-order valence-corrected chi connectivity index (χ0v) is 14.5. The zero-order valence-electron chi connectivity index (χ0n) is 14.5. The molecule has 1 aliphatic rings. The summed E-state index contributed by atoms with van der Waals surface area (Å²) in [5.41, 5.74) is 0.796. The minimum Gasteiger partial charge on any atom is -0.376 e. The van der Waals surface area contributed by atoms with E-state index in [2.05, 4.69) is 10.6 Å². The molecule has 0 radical (unpaired) electrons. The van der Waals surface area contributed by atoms with Gasteiger partial charge in [0.05, 0.1) is 23.5 Å². The average Bonchev–Trinajstić information content (AvgIpc) is 2.73. The highest BCUT2D eigenvalue weighted by Gasteiger charge is 2.31. The van der Waals surface area contributed by atoms with E-state index in [4.69, 9.17) is 0 Å². The molecule has 0 saturated carbocycles. The fourth-order valence-corrected chi connectivity index (χ4v) is 3.01. The first kappa shape index (κ1) is 18.8. The zero-order chi connectivity index (χ0) is 19.6. The average molecular weight is 377 g/mol. The Morgan fingerprint density at radius 1 is 1.19 bits per heavy atom. The van der Waals surface area contributed by atoms with E-state index in [-0.39, 0.29) is 30.8 Å². The van der Waals surface area contributed by atoms with Gasteiger partial charge in [0.15, 0.2) is 0 Å². The Bertz CT molecular complexity index is 850. The molecule has 1 atom stereocenters. The third-order valence-electron chi connectivity index (χ3n) is 4.28. The quantitative estimate of drug-likeness (QED) is 0.853. The lowest BCUT2D eigenvalue weighted by Crippen LogP contribution is -2.42. The van der Waals surface area contributed by atoms with E-state index in [1.54, 1.807) is 31.2 Å². The van der Waals surface area contributed by atoms with Crippen molar-refractivity contribution in [3.8, 4) is 0 Å². The lowest BCUT2D eigenvalue weighted by Gasteiger charge is -2.28. The number of carbonyl (C=O) groups is 2. The molecule has 2 aromatic rings. The van der Waals surface area contributed by atoms with Crippen molar-refractivity contribution in [2.24, 2.45) is 0 Å². The first-order chi connectivity index (χ1) is 12.8. The van der Waals surface area contributed by atoms with E-state index in [1.807, 2.05) is 0 Å². The first-order valence-electron chi connectivity index (χ1n) is 8.38. The lowest BCUT2D eigenvalue weighted by molar-refractivity contribution is -0.137. The van der Waals surface area contributed by atoms with Crippen LogP contribution in [0.5, 0.6) is 0 Å². The number of hydrogen-bond acceptors (Lipinski definition) is 3. The van der Waals surface area contributed by atoms with Gasteiger partial charge in [0.1, 0.15) is 0 Å². The van der Waals surface area contributed by atoms with Crippen LogP contribution in [-0.2, 0) is 15.8 Å². The molecule has 1 unspecified atom stereocenters. The maximum absolute atomic E-state index is 12.8. The molecule has 0 aromatic heterocycles. The van der Waals surface area contributed by atoms with Gasteiger partial charge in [0.25, 0.3) is 0 Å². The number of alkyl halides is 3. The monoisotopic (exact) mass is 377 g/mol. The summed E-state index contributed by atoms with van der Waals surface area (Å²) >= 11 is 0. The molecule has 0 saturated heterocycles. The highest BCUT2D eigenvalue weighted by molar-refractivity contribution is 6.05. The van der Waals surface area contributed by atoms with Crippen LogP contribution in [-0.4, -0.2) is 24.4 Å². The molecule has 8 heteroatoms. The second-order valence-corrected chi connectivity index (χ2v) is 6.31. The fourth-order valence-electron chi connectivity index (χ4n) is 3.01. The van der Waals surface area contributed by atoms with Gasteiger partial charge in [0, 0.05) is 18.2 Å². The van der Waals surface area contributed by atoms with Crippen molar-refractivity contribution in [1.82, 2.24) is 0 Å². The maximum atomic E-state index is 12.8. The highest BCUT2D eigenvalue weighted by atomic mass is 19.4. The number of anilines is 3. The topological polar surface area (TPSA) is 61.4 Å². The van der Waals surface area contributed by atoms with Crippen LogP contribution < -0.4 is 15.5 Å². The first-order valence-corrected chi connectivity index (χ1v) is 8.38. The van der Waals surface area contributed by atoms with Crippen LogP contribution in [0.15, 0.2) is 48.5 Å². The number of para-hydroxylation sites is 2. The Kier molecular flexibility index (Phi) is 5.07. The van der Waals surface area contributed by atoms with E-state index < -0.39 is 11.7 Å². The van der Waals surface area contributed by atoms with Crippen molar-refractivity contribution in [3.05, 3.63) is 54.1 Å². The number of benzene rings is 2. The van der Waals surface area contributed by atoms with Crippen molar-refractivity contribution in [2.75, 3.05) is 22.1 Å². The lowest BCUT2D eigenvalue weighted by atomic mass is 10.1. The molecule has 142 valence electrons. The number of nitrogens with zero attached hydrogens (tertiary/aromatic N) is 1. The van der Waals surface area contributed by atoms with Crippen molar-refractivity contribution in [2.45, 2.75) is 25.6 Å². The summed E-state index contributed by atoms with van der Waals surface area (Å²) in [4.78, 5) is 26.3. The summed E-state index contributed by atoms with van der Waals surface area (Å²) in [6, 6.07) is 11.1. The molecule has 2 amide bonds. The number of rotatable bonds is 3. The number of nitrogens with one attached hydrogen (secondary N) is 2. The number of hydrogen-bond donors (Lipinski definition) is 2. The van der Waals surface area contributed by atoms with Crippen LogP contribution >= 0.6 is 0 Å². The molecule has 0 bridgehead atoms. The molecular weight excluding hydrogens is 359 g/mol.